The van der Waals surface area contributed by atoms with E-state index in [2.05, 4.69) is 50.0 Å². The standard InChI is InChI=1S/C31H40N6O4/c1-31(2,29(39)32-14-16-38)41-28-7-3-6-27(17-28)36-15-4-5-25(21-36)35-30(40)37(26-12-13-26)20-22-8-10-23(11-9-22)24-18-33-34-19-24/h3,6-11,17-19,25-26,38H,4-5,12-16,20-21H2,1-2H3,(H,32,39)(H,33,34)(H,35,40)/t25-/m1/s1. The number of urea groups is 1. The lowest BCUT2D eigenvalue weighted by atomic mass is 10.0. The molecule has 0 spiro atoms. The second-order valence-electron chi connectivity index (χ2n) is 11.4. The predicted octanol–water partition coefficient (Wildman–Crippen LogP) is 3.69. The highest BCUT2D eigenvalue weighted by Crippen LogP contribution is 2.30. The Kier molecular flexibility index (Phi) is 8.78. The summed E-state index contributed by atoms with van der Waals surface area (Å²) in [5.74, 6) is 0.309. The number of hydrogen-bond acceptors (Lipinski definition) is 6. The van der Waals surface area contributed by atoms with Crippen LogP contribution in [0.3, 0.4) is 0 Å². The molecule has 0 unspecified atom stereocenters. The van der Waals surface area contributed by atoms with E-state index in [0.29, 0.717) is 18.8 Å². The molecular formula is C31H40N6O4. The molecule has 5 rings (SSSR count). The molecule has 2 aromatic carbocycles. The molecule has 10 nitrogen and oxygen atoms in total. The van der Waals surface area contributed by atoms with Gasteiger partial charge in [0.1, 0.15) is 5.75 Å². The fourth-order valence-corrected chi connectivity index (χ4v) is 5.21. The summed E-state index contributed by atoms with van der Waals surface area (Å²) in [6.07, 6.45) is 7.64. The van der Waals surface area contributed by atoms with Crippen LogP contribution in [0.2, 0.25) is 0 Å². The van der Waals surface area contributed by atoms with E-state index in [1.807, 2.05) is 35.4 Å². The van der Waals surface area contributed by atoms with Crippen molar-refractivity contribution in [3.8, 4) is 16.9 Å². The lowest BCUT2D eigenvalue weighted by Crippen LogP contribution is -2.52. The summed E-state index contributed by atoms with van der Waals surface area (Å²) in [6, 6.07) is 16.3. The van der Waals surface area contributed by atoms with Gasteiger partial charge in [-0.1, -0.05) is 30.3 Å². The largest absolute Gasteiger partial charge is 0.478 e. The van der Waals surface area contributed by atoms with Crippen LogP contribution in [0.25, 0.3) is 11.1 Å². The summed E-state index contributed by atoms with van der Waals surface area (Å²) in [4.78, 5) is 30.1. The zero-order valence-electron chi connectivity index (χ0n) is 23.8. The van der Waals surface area contributed by atoms with Gasteiger partial charge < -0.3 is 30.3 Å². The number of rotatable bonds is 11. The number of benzene rings is 2. The van der Waals surface area contributed by atoms with Crippen molar-refractivity contribution < 1.29 is 19.4 Å². The minimum atomic E-state index is -1.09. The third-order valence-electron chi connectivity index (χ3n) is 7.64. The molecule has 1 saturated heterocycles. The first-order valence-electron chi connectivity index (χ1n) is 14.4. The molecule has 0 bridgehead atoms. The second kappa shape index (κ2) is 12.6. The van der Waals surface area contributed by atoms with Gasteiger partial charge in [0, 0.05) is 61.8 Å². The molecule has 1 atom stereocenters. The molecule has 218 valence electrons. The first-order chi connectivity index (χ1) is 19.8. The van der Waals surface area contributed by atoms with Crippen LogP contribution in [-0.4, -0.2) is 76.1 Å². The topological polar surface area (TPSA) is 123 Å². The number of ether oxygens (including phenoxy) is 1. The van der Waals surface area contributed by atoms with Gasteiger partial charge in [-0.2, -0.15) is 5.10 Å². The van der Waals surface area contributed by atoms with Crippen molar-refractivity contribution in [2.75, 3.05) is 31.1 Å². The monoisotopic (exact) mass is 560 g/mol. The summed E-state index contributed by atoms with van der Waals surface area (Å²) < 4.78 is 6.03. The molecule has 1 saturated carbocycles. The van der Waals surface area contributed by atoms with Crippen LogP contribution in [-0.2, 0) is 11.3 Å². The number of H-pyrrole nitrogens is 1. The molecule has 41 heavy (non-hydrogen) atoms. The fourth-order valence-electron chi connectivity index (χ4n) is 5.21. The Balaban J connectivity index is 1.19. The van der Waals surface area contributed by atoms with Gasteiger partial charge in [0.25, 0.3) is 5.91 Å². The summed E-state index contributed by atoms with van der Waals surface area (Å²) in [7, 11) is 0. The zero-order valence-corrected chi connectivity index (χ0v) is 23.8. The number of nitrogens with zero attached hydrogens (tertiary/aromatic N) is 3. The van der Waals surface area contributed by atoms with Crippen molar-refractivity contribution in [2.45, 2.75) is 63.8 Å². The number of amides is 3. The summed E-state index contributed by atoms with van der Waals surface area (Å²) in [5, 5.41) is 21.8. The third-order valence-corrected chi connectivity index (χ3v) is 7.64. The van der Waals surface area contributed by atoms with Crippen LogP contribution in [0.4, 0.5) is 10.5 Å². The zero-order chi connectivity index (χ0) is 28.8. The van der Waals surface area contributed by atoms with Gasteiger partial charge >= 0.3 is 6.03 Å². The average molecular weight is 561 g/mol. The fraction of sp³-hybridized carbons (Fsp3) is 0.452. The first kappa shape index (κ1) is 28.5. The Morgan fingerprint density at radius 1 is 1.15 bits per heavy atom. The Morgan fingerprint density at radius 3 is 2.66 bits per heavy atom. The Hall–Kier alpha value is -4.05. The van der Waals surface area contributed by atoms with Crippen LogP contribution in [0.1, 0.15) is 45.1 Å². The van der Waals surface area contributed by atoms with Crippen molar-refractivity contribution in [3.05, 3.63) is 66.5 Å². The highest BCUT2D eigenvalue weighted by atomic mass is 16.5. The Bertz CT molecular complexity index is 1310. The van der Waals surface area contributed by atoms with Gasteiger partial charge in [0.15, 0.2) is 5.60 Å². The molecule has 3 aromatic rings. The van der Waals surface area contributed by atoms with E-state index in [4.69, 9.17) is 9.84 Å². The number of aromatic amines is 1. The second-order valence-corrected chi connectivity index (χ2v) is 11.4. The lowest BCUT2D eigenvalue weighted by molar-refractivity contribution is -0.134. The van der Waals surface area contributed by atoms with E-state index in [-0.39, 0.29) is 37.2 Å². The quantitative estimate of drug-likeness (QED) is 0.284. The predicted molar refractivity (Wildman–Crippen MR) is 158 cm³/mol. The molecule has 10 heteroatoms. The highest BCUT2D eigenvalue weighted by Gasteiger charge is 2.34. The van der Waals surface area contributed by atoms with Crippen LogP contribution in [0.15, 0.2) is 60.9 Å². The minimum Gasteiger partial charge on any atom is -0.478 e. The smallest absolute Gasteiger partial charge is 0.318 e. The highest BCUT2D eigenvalue weighted by molar-refractivity contribution is 5.84. The molecule has 0 radical (unpaired) electrons. The number of carbonyl (C=O) groups is 2. The van der Waals surface area contributed by atoms with Crippen molar-refractivity contribution in [3.63, 3.8) is 0 Å². The van der Waals surface area contributed by atoms with Gasteiger partial charge in [0.2, 0.25) is 0 Å². The van der Waals surface area contributed by atoms with E-state index < -0.39 is 5.60 Å². The van der Waals surface area contributed by atoms with Crippen molar-refractivity contribution in [1.29, 1.82) is 0 Å². The molecular weight excluding hydrogens is 520 g/mol. The van der Waals surface area contributed by atoms with Crippen molar-refractivity contribution in [1.82, 2.24) is 25.7 Å². The van der Waals surface area contributed by atoms with Gasteiger partial charge in [-0.05, 0) is 62.8 Å². The van der Waals surface area contributed by atoms with Crippen molar-refractivity contribution in [2.24, 2.45) is 0 Å². The summed E-state index contributed by atoms with van der Waals surface area (Å²) in [6.45, 7) is 5.64. The molecule has 3 amide bonds. The number of hydrogen-bond donors (Lipinski definition) is 4. The summed E-state index contributed by atoms with van der Waals surface area (Å²) >= 11 is 0. The van der Waals surface area contributed by atoms with E-state index in [1.165, 1.54) is 0 Å². The van der Waals surface area contributed by atoms with Crippen molar-refractivity contribution >= 4 is 17.6 Å². The number of piperidine rings is 1. The van der Waals surface area contributed by atoms with Crippen LogP contribution in [0, 0.1) is 0 Å². The molecule has 1 aliphatic heterocycles. The Labute approximate surface area is 241 Å². The first-order valence-corrected chi connectivity index (χ1v) is 14.4. The normalized spacial score (nSPS) is 17.1. The number of nitrogens with one attached hydrogen (secondary N) is 3. The Morgan fingerprint density at radius 2 is 1.95 bits per heavy atom. The molecule has 1 aromatic heterocycles. The van der Waals surface area contributed by atoms with E-state index in [9.17, 15) is 9.59 Å². The maximum Gasteiger partial charge on any atom is 0.318 e. The van der Waals surface area contributed by atoms with Gasteiger partial charge in [-0.3, -0.25) is 9.89 Å². The van der Waals surface area contributed by atoms with Crippen LogP contribution in [0.5, 0.6) is 5.75 Å². The third kappa shape index (κ3) is 7.38. The van der Waals surface area contributed by atoms with Gasteiger partial charge in [0.05, 0.1) is 12.8 Å². The molecule has 2 heterocycles. The van der Waals surface area contributed by atoms with Crippen LogP contribution >= 0.6 is 0 Å². The number of anilines is 1. The number of carbonyl (C=O) groups excluding carboxylic acids is 2. The van der Waals surface area contributed by atoms with E-state index in [1.54, 1.807) is 20.0 Å². The maximum atomic E-state index is 13.5. The maximum absolute atomic E-state index is 13.5. The molecule has 4 N–H and O–H groups in total. The van der Waals surface area contributed by atoms with E-state index in [0.717, 1.165) is 54.6 Å². The molecule has 2 aliphatic rings. The molecule has 2 fully saturated rings. The summed E-state index contributed by atoms with van der Waals surface area (Å²) in [5.41, 5.74) is 3.15. The van der Waals surface area contributed by atoms with Crippen LogP contribution < -0.4 is 20.3 Å². The number of aliphatic hydroxyl groups excluding tert-OH is 1. The minimum absolute atomic E-state index is 0.00835. The van der Waals surface area contributed by atoms with Gasteiger partial charge in [-0.15, -0.1) is 0 Å². The molecule has 1 aliphatic carbocycles. The van der Waals surface area contributed by atoms with E-state index >= 15 is 0 Å². The average Bonchev–Trinajstić information content (AvgIpc) is 3.67. The number of aromatic nitrogens is 2. The number of aliphatic hydroxyl groups is 1. The van der Waals surface area contributed by atoms with Gasteiger partial charge in [-0.25, -0.2) is 4.79 Å². The SMILES string of the molecule is CC(C)(Oc1cccc(N2CCC[C@@H](NC(=O)N(Cc3ccc(-c4cn[nH]c4)cc3)C3CC3)C2)c1)C(=O)NCCO. The lowest BCUT2D eigenvalue weighted by Gasteiger charge is -2.36.